The maximum absolute atomic E-state index is 12.6. The number of amides is 1. The fourth-order valence-electron chi connectivity index (χ4n) is 5.11. The summed E-state index contributed by atoms with van der Waals surface area (Å²) in [6.07, 6.45) is 0.678. The summed E-state index contributed by atoms with van der Waals surface area (Å²) < 4.78 is 12.8. The van der Waals surface area contributed by atoms with Crippen LogP contribution >= 0.6 is 0 Å². The summed E-state index contributed by atoms with van der Waals surface area (Å²) in [5.74, 6) is -0.596. The van der Waals surface area contributed by atoms with Crippen molar-refractivity contribution >= 4 is 17.0 Å². The van der Waals surface area contributed by atoms with Crippen molar-refractivity contribution in [2.75, 3.05) is 59.5 Å². The number of carbonyl (C=O) groups excluding carboxylic acids is 1. The molecule has 0 aliphatic carbocycles. The lowest BCUT2D eigenvalue weighted by atomic mass is 10.0. The van der Waals surface area contributed by atoms with Gasteiger partial charge < -0.3 is 24.7 Å². The molecule has 5 rings (SSSR count). The van der Waals surface area contributed by atoms with Crippen molar-refractivity contribution in [3.05, 3.63) is 58.6 Å². The number of carbonyl (C=O) groups is 1. The second kappa shape index (κ2) is 12.6. The molecule has 0 spiro atoms. The zero-order valence-corrected chi connectivity index (χ0v) is 22.4. The smallest absolute Gasteiger partial charge is 0.408 e. The maximum Gasteiger partial charge on any atom is 0.419 e. The summed E-state index contributed by atoms with van der Waals surface area (Å²) in [4.78, 5) is 29.8. The fourth-order valence-corrected chi connectivity index (χ4v) is 5.11. The van der Waals surface area contributed by atoms with E-state index in [1.54, 1.807) is 4.57 Å². The van der Waals surface area contributed by atoms with E-state index in [1.165, 1.54) is 0 Å². The Morgan fingerprint density at radius 3 is 2.67 bits per heavy atom. The number of hydrogen-bond donors (Lipinski definition) is 2. The predicted molar refractivity (Wildman–Crippen MR) is 148 cm³/mol. The standard InChI is InChI=1S/C29H36N6O4/c1-33-10-12-34(13-11-33)14-15-35-25-18-23(7-8-26(25)39-29(35)37)22-5-3-21(4-6-22)17-24(19-30)32-28(36)27-20-31-9-2-16-38-27/h3-8,18,24,27,31H,2,9-17,20H2,1H3,(H,32,36). The number of aromatic nitrogens is 1. The van der Waals surface area contributed by atoms with Gasteiger partial charge in [0.15, 0.2) is 5.58 Å². The van der Waals surface area contributed by atoms with E-state index in [0.717, 1.165) is 67.9 Å². The summed E-state index contributed by atoms with van der Waals surface area (Å²) >= 11 is 0. The molecule has 2 aliphatic heterocycles. The molecule has 10 nitrogen and oxygen atoms in total. The van der Waals surface area contributed by atoms with Crippen LogP contribution in [-0.4, -0.2) is 91.9 Å². The van der Waals surface area contributed by atoms with Crippen LogP contribution < -0.4 is 16.4 Å². The molecule has 0 bridgehead atoms. The summed E-state index contributed by atoms with van der Waals surface area (Å²) in [7, 11) is 2.13. The average molecular weight is 533 g/mol. The van der Waals surface area contributed by atoms with Gasteiger partial charge >= 0.3 is 5.76 Å². The number of hydrogen-bond acceptors (Lipinski definition) is 8. The summed E-state index contributed by atoms with van der Waals surface area (Å²) in [6, 6.07) is 15.3. The van der Waals surface area contributed by atoms with E-state index in [9.17, 15) is 14.9 Å². The molecule has 10 heteroatoms. The van der Waals surface area contributed by atoms with E-state index < -0.39 is 12.1 Å². The van der Waals surface area contributed by atoms with Crippen molar-refractivity contribution in [3.63, 3.8) is 0 Å². The van der Waals surface area contributed by atoms with Crippen LogP contribution in [0.1, 0.15) is 12.0 Å². The van der Waals surface area contributed by atoms with Gasteiger partial charge in [0, 0.05) is 58.8 Å². The number of piperazine rings is 1. The Bertz CT molecular complexity index is 1360. The fraction of sp³-hybridized carbons (Fsp3) is 0.483. The molecular weight excluding hydrogens is 496 g/mol. The van der Waals surface area contributed by atoms with Gasteiger partial charge in [0.2, 0.25) is 0 Å². The molecule has 3 aromatic rings. The lowest BCUT2D eigenvalue weighted by Crippen LogP contribution is -2.46. The molecule has 2 fully saturated rings. The van der Waals surface area contributed by atoms with Gasteiger partial charge in [-0.25, -0.2) is 4.79 Å². The number of likely N-dealkylation sites (N-methyl/N-ethyl adjacent to an activating group) is 1. The van der Waals surface area contributed by atoms with Gasteiger partial charge in [0.05, 0.1) is 11.6 Å². The first-order valence-electron chi connectivity index (χ1n) is 13.7. The van der Waals surface area contributed by atoms with E-state index >= 15 is 0 Å². The number of oxazole rings is 1. The molecule has 0 radical (unpaired) electrons. The third-order valence-electron chi connectivity index (χ3n) is 7.54. The first-order valence-corrected chi connectivity index (χ1v) is 13.7. The van der Waals surface area contributed by atoms with Crippen LogP contribution in [0.25, 0.3) is 22.2 Å². The lowest BCUT2D eigenvalue weighted by Gasteiger charge is -2.32. The molecule has 2 unspecified atom stereocenters. The van der Waals surface area contributed by atoms with Gasteiger partial charge in [0.25, 0.3) is 5.91 Å². The van der Waals surface area contributed by atoms with Crippen LogP contribution in [0, 0.1) is 11.3 Å². The van der Waals surface area contributed by atoms with Crippen molar-refractivity contribution in [2.45, 2.75) is 31.5 Å². The molecule has 2 aliphatic rings. The number of ether oxygens (including phenoxy) is 1. The highest BCUT2D eigenvalue weighted by Crippen LogP contribution is 2.25. The number of benzene rings is 2. The SMILES string of the molecule is CN1CCN(CCn2c(=O)oc3ccc(-c4ccc(CC(C#N)NC(=O)C5CNCCCO5)cc4)cc32)CC1. The number of nitriles is 1. The number of fused-ring (bicyclic) bond motifs is 1. The largest absolute Gasteiger partial charge is 0.419 e. The van der Waals surface area contributed by atoms with Crippen LogP contribution in [0.15, 0.2) is 51.7 Å². The predicted octanol–water partition coefficient (Wildman–Crippen LogP) is 1.44. The molecular formula is C29H36N6O4. The third kappa shape index (κ3) is 6.75. The highest BCUT2D eigenvalue weighted by Gasteiger charge is 2.23. The molecule has 2 saturated heterocycles. The van der Waals surface area contributed by atoms with Gasteiger partial charge in [-0.1, -0.05) is 30.3 Å². The van der Waals surface area contributed by atoms with Gasteiger partial charge in [-0.3, -0.25) is 14.3 Å². The molecule has 1 aromatic heterocycles. The first kappa shape index (κ1) is 27.1. The van der Waals surface area contributed by atoms with Crippen LogP contribution in [0.4, 0.5) is 0 Å². The zero-order chi connectivity index (χ0) is 27.2. The number of rotatable bonds is 8. The molecule has 2 atom stereocenters. The summed E-state index contributed by atoms with van der Waals surface area (Å²) in [5, 5.41) is 15.6. The highest BCUT2D eigenvalue weighted by molar-refractivity contribution is 5.82. The topological polar surface area (TPSA) is 116 Å². The van der Waals surface area contributed by atoms with Crippen molar-refractivity contribution in [3.8, 4) is 17.2 Å². The Morgan fingerprint density at radius 1 is 1.13 bits per heavy atom. The normalized spacial score (nSPS) is 19.8. The third-order valence-corrected chi connectivity index (χ3v) is 7.54. The van der Waals surface area contributed by atoms with Crippen molar-refractivity contribution in [2.24, 2.45) is 0 Å². The molecule has 0 saturated carbocycles. The quantitative estimate of drug-likeness (QED) is 0.448. The van der Waals surface area contributed by atoms with Crippen LogP contribution in [0.5, 0.6) is 0 Å². The summed E-state index contributed by atoms with van der Waals surface area (Å²) in [5.41, 5.74) is 4.29. The molecule has 2 N–H and O–H groups in total. The van der Waals surface area contributed by atoms with Gasteiger partial charge in [-0.05, 0) is 48.8 Å². The molecule has 2 aromatic carbocycles. The first-order chi connectivity index (χ1) is 19.0. The monoisotopic (exact) mass is 532 g/mol. The Labute approximate surface area is 228 Å². The van der Waals surface area contributed by atoms with Crippen molar-refractivity contribution < 1.29 is 13.9 Å². The average Bonchev–Trinajstić information content (AvgIpc) is 3.10. The Hall–Kier alpha value is -3.49. The Kier molecular flexibility index (Phi) is 8.74. The minimum atomic E-state index is -0.646. The van der Waals surface area contributed by atoms with Gasteiger partial charge in [-0.2, -0.15) is 5.26 Å². The highest BCUT2D eigenvalue weighted by atomic mass is 16.5. The second-order valence-corrected chi connectivity index (χ2v) is 10.4. The maximum atomic E-state index is 12.6. The van der Waals surface area contributed by atoms with Gasteiger partial charge in [0.1, 0.15) is 12.1 Å². The molecule has 1 amide bonds. The van der Waals surface area contributed by atoms with E-state index in [0.29, 0.717) is 31.7 Å². The number of nitrogens with one attached hydrogen (secondary N) is 2. The van der Waals surface area contributed by atoms with Crippen LogP contribution in [0.3, 0.4) is 0 Å². The van der Waals surface area contributed by atoms with Crippen LogP contribution in [0.2, 0.25) is 0 Å². The zero-order valence-electron chi connectivity index (χ0n) is 22.4. The van der Waals surface area contributed by atoms with Crippen molar-refractivity contribution in [1.29, 1.82) is 5.26 Å². The van der Waals surface area contributed by atoms with Crippen molar-refractivity contribution in [1.82, 2.24) is 25.0 Å². The minimum absolute atomic E-state index is 0.264. The Morgan fingerprint density at radius 2 is 1.90 bits per heavy atom. The molecule has 39 heavy (non-hydrogen) atoms. The Balaban J connectivity index is 1.24. The van der Waals surface area contributed by atoms with E-state index in [1.807, 2.05) is 42.5 Å². The van der Waals surface area contributed by atoms with E-state index in [2.05, 4.69) is 33.6 Å². The van der Waals surface area contributed by atoms with E-state index in [-0.39, 0.29) is 11.7 Å². The lowest BCUT2D eigenvalue weighted by molar-refractivity contribution is -0.132. The summed E-state index contributed by atoms with van der Waals surface area (Å²) in [6.45, 7) is 7.26. The second-order valence-electron chi connectivity index (χ2n) is 10.4. The molecule has 3 heterocycles. The minimum Gasteiger partial charge on any atom is -0.408 e. The molecule has 206 valence electrons. The van der Waals surface area contributed by atoms with Crippen LogP contribution in [-0.2, 0) is 22.5 Å². The van der Waals surface area contributed by atoms with Gasteiger partial charge in [-0.15, -0.1) is 0 Å². The van der Waals surface area contributed by atoms with E-state index in [4.69, 9.17) is 9.15 Å². The number of nitrogens with zero attached hydrogens (tertiary/aromatic N) is 4.